The van der Waals surface area contributed by atoms with Crippen molar-refractivity contribution in [1.82, 2.24) is 5.32 Å². The fourth-order valence-corrected chi connectivity index (χ4v) is 1.83. The van der Waals surface area contributed by atoms with Gasteiger partial charge in [0.25, 0.3) is 5.91 Å². The first-order valence-corrected chi connectivity index (χ1v) is 6.60. The summed E-state index contributed by atoms with van der Waals surface area (Å²) in [6.07, 6.45) is 0. The standard InChI is InChI=1S/C13H16BrNO4/c1-8(2)12(13(17)18)15-11(16)7-19-10-6-4-3-5-9(10)14/h3-6,8,12H,7H2,1-2H3,(H,15,16)(H,17,18)/t12-/m0/s1. The van der Waals surface area contributed by atoms with E-state index in [1.54, 1.807) is 32.0 Å². The molecule has 6 heteroatoms. The van der Waals surface area contributed by atoms with E-state index in [1.165, 1.54) is 0 Å². The zero-order valence-electron chi connectivity index (χ0n) is 10.7. The van der Waals surface area contributed by atoms with Crippen molar-refractivity contribution in [3.05, 3.63) is 28.7 Å². The molecule has 0 aliphatic rings. The Morgan fingerprint density at radius 1 is 1.37 bits per heavy atom. The van der Waals surface area contributed by atoms with Crippen LogP contribution in [0, 0.1) is 5.92 Å². The van der Waals surface area contributed by atoms with Crippen LogP contribution in [0.1, 0.15) is 13.8 Å². The molecule has 19 heavy (non-hydrogen) atoms. The number of aliphatic carboxylic acids is 1. The second-order valence-corrected chi connectivity index (χ2v) is 5.20. The minimum absolute atomic E-state index is 0.190. The number of amides is 1. The first-order valence-electron chi connectivity index (χ1n) is 5.81. The Morgan fingerprint density at radius 2 is 2.00 bits per heavy atom. The monoisotopic (exact) mass is 329 g/mol. The molecule has 0 aliphatic heterocycles. The second-order valence-electron chi connectivity index (χ2n) is 4.35. The van der Waals surface area contributed by atoms with Gasteiger partial charge in [-0.25, -0.2) is 4.79 Å². The van der Waals surface area contributed by atoms with Gasteiger partial charge < -0.3 is 15.2 Å². The van der Waals surface area contributed by atoms with Gasteiger partial charge in [-0.3, -0.25) is 4.79 Å². The van der Waals surface area contributed by atoms with E-state index in [2.05, 4.69) is 21.2 Å². The van der Waals surface area contributed by atoms with Crippen LogP contribution in [-0.2, 0) is 9.59 Å². The molecule has 0 bridgehead atoms. The zero-order chi connectivity index (χ0) is 14.4. The first-order chi connectivity index (χ1) is 8.91. The molecule has 1 atom stereocenters. The van der Waals surface area contributed by atoms with Crippen molar-refractivity contribution in [3.63, 3.8) is 0 Å². The number of halogens is 1. The van der Waals surface area contributed by atoms with Crippen LogP contribution in [0.3, 0.4) is 0 Å². The molecule has 0 spiro atoms. The number of carbonyl (C=O) groups excluding carboxylic acids is 1. The Bertz CT molecular complexity index is 462. The van der Waals surface area contributed by atoms with Crippen molar-refractivity contribution in [2.75, 3.05) is 6.61 Å². The van der Waals surface area contributed by atoms with Crippen LogP contribution < -0.4 is 10.1 Å². The van der Waals surface area contributed by atoms with Crippen LogP contribution in [-0.4, -0.2) is 29.6 Å². The van der Waals surface area contributed by atoms with Gasteiger partial charge in [0, 0.05) is 0 Å². The van der Waals surface area contributed by atoms with Gasteiger partial charge in [0.15, 0.2) is 6.61 Å². The van der Waals surface area contributed by atoms with Crippen molar-refractivity contribution >= 4 is 27.8 Å². The van der Waals surface area contributed by atoms with Gasteiger partial charge >= 0.3 is 5.97 Å². The van der Waals surface area contributed by atoms with Crippen molar-refractivity contribution in [2.24, 2.45) is 5.92 Å². The van der Waals surface area contributed by atoms with Crippen molar-refractivity contribution in [3.8, 4) is 5.75 Å². The van der Waals surface area contributed by atoms with E-state index in [4.69, 9.17) is 9.84 Å². The van der Waals surface area contributed by atoms with Gasteiger partial charge in [0.2, 0.25) is 0 Å². The number of hydrogen-bond acceptors (Lipinski definition) is 3. The molecular weight excluding hydrogens is 314 g/mol. The summed E-state index contributed by atoms with van der Waals surface area (Å²) in [6, 6.07) is 6.22. The first kappa shape index (κ1) is 15.5. The highest BCUT2D eigenvalue weighted by Crippen LogP contribution is 2.23. The molecule has 0 aliphatic carbocycles. The molecule has 0 fully saturated rings. The van der Waals surface area contributed by atoms with Gasteiger partial charge in [-0.15, -0.1) is 0 Å². The number of carboxylic acid groups (broad SMARTS) is 1. The van der Waals surface area contributed by atoms with Gasteiger partial charge in [-0.2, -0.15) is 0 Å². The minimum atomic E-state index is -1.05. The quantitative estimate of drug-likeness (QED) is 0.837. The Kier molecular flexibility index (Phi) is 5.82. The number of rotatable bonds is 6. The summed E-state index contributed by atoms with van der Waals surface area (Å²) in [6.45, 7) is 3.24. The van der Waals surface area contributed by atoms with Gasteiger partial charge in [0.1, 0.15) is 11.8 Å². The molecule has 1 aromatic carbocycles. The Labute approximate surface area is 120 Å². The summed E-state index contributed by atoms with van der Waals surface area (Å²) in [7, 11) is 0. The number of benzene rings is 1. The minimum Gasteiger partial charge on any atom is -0.483 e. The van der Waals surface area contributed by atoms with E-state index in [1.807, 2.05) is 6.07 Å². The van der Waals surface area contributed by atoms with Crippen LogP contribution >= 0.6 is 15.9 Å². The molecule has 1 amide bonds. The topological polar surface area (TPSA) is 75.6 Å². The highest BCUT2D eigenvalue weighted by Gasteiger charge is 2.23. The predicted octanol–water partition coefficient (Wildman–Crippen LogP) is 2.05. The maximum atomic E-state index is 11.6. The fourth-order valence-electron chi connectivity index (χ4n) is 1.43. The zero-order valence-corrected chi connectivity index (χ0v) is 12.3. The summed E-state index contributed by atoms with van der Waals surface area (Å²) in [4.78, 5) is 22.6. The van der Waals surface area contributed by atoms with E-state index < -0.39 is 17.9 Å². The Balaban J connectivity index is 2.52. The van der Waals surface area contributed by atoms with E-state index in [9.17, 15) is 9.59 Å². The van der Waals surface area contributed by atoms with E-state index in [0.29, 0.717) is 5.75 Å². The molecule has 2 N–H and O–H groups in total. The van der Waals surface area contributed by atoms with Crippen molar-refractivity contribution in [2.45, 2.75) is 19.9 Å². The number of hydrogen-bond donors (Lipinski definition) is 2. The fraction of sp³-hybridized carbons (Fsp3) is 0.385. The van der Waals surface area contributed by atoms with E-state index in [0.717, 1.165) is 4.47 Å². The smallest absolute Gasteiger partial charge is 0.326 e. The van der Waals surface area contributed by atoms with Gasteiger partial charge in [-0.1, -0.05) is 26.0 Å². The lowest BCUT2D eigenvalue weighted by Gasteiger charge is -2.18. The number of ether oxygens (including phenoxy) is 1. The normalized spacial score (nSPS) is 12.0. The van der Waals surface area contributed by atoms with Gasteiger partial charge in [0.05, 0.1) is 4.47 Å². The van der Waals surface area contributed by atoms with Crippen LogP contribution in [0.25, 0.3) is 0 Å². The lowest BCUT2D eigenvalue weighted by Crippen LogP contribution is -2.46. The molecule has 1 aromatic rings. The van der Waals surface area contributed by atoms with Gasteiger partial charge in [-0.05, 0) is 34.0 Å². The van der Waals surface area contributed by atoms with Crippen LogP contribution in [0.5, 0.6) is 5.75 Å². The molecule has 1 rings (SSSR count). The summed E-state index contributed by atoms with van der Waals surface area (Å²) in [5.74, 6) is -1.17. The van der Waals surface area contributed by atoms with Crippen LogP contribution in [0.15, 0.2) is 28.7 Å². The Morgan fingerprint density at radius 3 is 2.53 bits per heavy atom. The third kappa shape index (κ3) is 4.90. The predicted molar refractivity (Wildman–Crippen MR) is 74.0 cm³/mol. The molecule has 5 nitrogen and oxygen atoms in total. The Hall–Kier alpha value is -1.56. The summed E-state index contributed by atoms with van der Waals surface area (Å²) >= 11 is 3.29. The summed E-state index contributed by atoms with van der Waals surface area (Å²) in [5.41, 5.74) is 0. The van der Waals surface area contributed by atoms with E-state index >= 15 is 0 Å². The maximum absolute atomic E-state index is 11.6. The lowest BCUT2D eigenvalue weighted by molar-refractivity contribution is -0.143. The largest absolute Gasteiger partial charge is 0.483 e. The summed E-state index contributed by atoms with van der Waals surface area (Å²) < 4.78 is 6.04. The highest BCUT2D eigenvalue weighted by molar-refractivity contribution is 9.10. The SMILES string of the molecule is CC(C)[C@H](NC(=O)COc1ccccc1Br)C(=O)O. The number of nitrogens with one attached hydrogen (secondary N) is 1. The second kappa shape index (κ2) is 7.13. The van der Waals surface area contributed by atoms with Crippen molar-refractivity contribution < 1.29 is 19.4 Å². The molecule has 0 saturated heterocycles. The highest BCUT2D eigenvalue weighted by atomic mass is 79.9. The van der Waals surface area contributed by atoms with Crippen molar-refractivity contribution in [1.29, 1.82) is 0 Å². The number of para-hydroxylation sites is 1. The number of carbonyl (C=O) groups is 2. The third-order valence-corrected chi connectivity index (χ3v) is 3.10. The molecular formula is C13H16BrNO4. The molecule has 0 aromatic heterocycles. The third-order valence-electron chi connectivity index (χ3n) is 2.44. The molecule has 0 unspecified atom stereocenters. The summed E-state index contributed by atoms with van der Waals surface area (Å²) in [5, 5.41) is 11.4. The average molecular weight is 330 g/mol. The maximum Gasteiger partial charge on any atom is 0.326 e. The number of carboxylic acids is 1. The van der Waals surface area contributed by atoms with E-state index in [-0.39, 0.29) is 12.5 Å². The molecule has 0 heterocycles. The lowest BCUT2D eigenvalue weighted by atomic mass is 10.1. The molecule has 0 radical (unpaired) electrons. The molecule has 104 valence electrons. The average Bonchev–Trinajstić information content (AvgIpc) is 2.34. The van der Waals surface area contributed by atoms with Crippen LogP contribution in [0.2, 0.25) is 0 Å². The van der Waals surface area contributed by atoms with Crippen LogP contribution in [0.4, 0.5) is 0 Å². The molecule has 0 saturated carbocycles.